The number of ether oxygens (including phenoxy) is 1. The summed E-state index contributed by atoms with van der Waals surface area (Å²) in [6.07, 6.45) is -0.931. The predicted octanol–water partition coefficient (Wildman–Crippen LogP) is 4.04. The number of halogens is 3. The molecule has 3 aromatic heterocycles. The maximum Gasteiger partial charge on any atom is 0.417 e. The highest BCUT2D eigenvalue weighted by molar-refractivity contribution is 5.64. The van der Waals surface area contributed by atoms with Crippen molar-refractivity contribution in [3.8, 4) is 17.2 Å². The molecule has 1 aliphatic heterocycles. The van der Waals surface area contributed by atoms with Crippen LogP contribution in [0, 0.1) is 0 Å². The van der Waals surface area contributed by atoms with Gasteiger partial charge in [-0.2, -0.15) is 18.3 Å². The van der Waals surface area contributed by atoms with Crippen molar-refractivity contribution in [3.05, 3.63) is 72.2 Å². The lowest BCUT2D eigenvalue weighted by atomic mass is 10.0. The number of hydrogen-bond donors (Lipinski definition) is 0. The Kier molecular flexibility index (Phi) is 4.99. The fourth-order valence-electron chi connectivity index (χ4n) is 3.87. The summed E-state index contributed by atoms with van der Waals surface area (Å²) < 4.78 is 49.1. The molecule has 6 nitrogen and oxygen atoms in total. The van der Waals surface area contributed by atoms with Gasteiger partial charge in [-0.25, -0.2) is 9.67 Å². The number of nitrogens with zero attached hydrogens (tertiary/aromatic N) is 5. The van der Waals surface area contributed by atoms with E-state index in [9.17, 15) is 13.2 Å². The predicted molar refractivity (Wildman–Crippen MR) is 109 cm³/mol. The van der Waals surface area contributed by atoms with Crippen LogP contribution in [-0.2, 0) is 17.5 Å². The van der Waals surface area contributed by atoms with E-state index in [1.165, 1.54) is 16.8 Å². The normalized spacial score (nSPS) is 15.6. The smallest absolute Gasteiger partial charge is 0.379 e. The molecule has 4 aromatic rings. The van der Waals surface area contributed by atoms with Crippen molar-refractivity contribution in [3.63, 3.8) is 0 Å². The maximum atomic E-state index is 13.4. The Bertz CT molecular complexity index is 1210. The summed E-state index contributed by atoms with van der Waals surface area (Å²) in [6, 6.07) is 12.9. The molecule has 5 rings (SSSR count). The second kappa shape index (κ2) is 7.82. The van der Waals surface area contributed by atoms with Crippen LogP contribution in [0.4, 0.5) is 13.2 Å². The Morgan fingerprint density at radius 3 is 2.52 bits per heavy atom. The highest BCUT2D eigenvalue weighted by atomic mass is 19.4. The maximum absolute atomic E-state index is 13.4. The van der Waals surface area contributed by atoms with Crippen molar-refractivity contribution in [1.82, 2.24) is 24.1 Å². The van der Waals surface area contributed by atoms with Crippen LogP contribution in [0.2, 0.25) is 0 Å². The van der Waals surface area contributed by atoms with Gasteiger partial charge in [0.25, 0.3) is 0 Å². The van der Waals surface area contributed by atoms with Crippen LogP contribution in [0.25, 0.3) is 22.7 Å². The molecular formula is C22H20F3N5O. The van der Waals surface area contributed by atoms with Gasteiger partial charge in [0.2, 0.25) is 5.95 Å². The van der Waals surface area contributed by atoms with Gasteiger partial charge in [0.05, 0.1) is 35.7 Å². The van der Waals surface area contributed by atoms with Crippen molar-refractivity contribution < 1.29 is 17.9 Å². The van der Waals surface area contributed by atoms with Crippen molar-refractivity contribution in [2.75, 3.05) is 26.3 Å². The lowest BCUT2D eigenvalue weighted by Gasteiger charge is -2.25. The van der Waals surface area contributed by atoms with E-state index in [0.29, 0.717) is 25.7 Å². The first-order chi connectivity index (χ1) is 15.0. The van der Waals surface area contributed by atoms with Crippen LogP contribution in [0.15, 0.2) is 60.9 Å². The third-order valence-corrected chi connectivity index (χ3v) is 5.39. The van der Waals surface area contributed by atoms with E-state index in [4.69, 9.17) is 9.72 Å². The summed E-state index contributed by atoms with van der Waals surface area (Å²) in [5.74, 6) is 0.537. The molecule has 0 spiro atoms. The van der Waals surface area contributed by atoms with Crippen molar-refractivity contribution in [1.29, 1.82) is 0 Å². The van der Waals surface area contributed by atoms with Gasteiger partial charge in [-0.1, -0.05) is 24.3 Å². The molecule has 0 radical (unpaired) electrons. The van der Waals surface area contributed by atoms with E-state index in [1.807, 2.05) is 28.8 Å². The molecule has 0 bridgehead atoms. The van der Waals surface area contributed by atoms with Gasteiger partial charge in [0.1, 0.15) is 0 Å². The van der Waals surface area contributed by atoms with Crippen LogP contribution < -0.4 is 0 Å². The quantitative estimate of drug-likeness (QED) is 0.493. The molecule has 1 aromatic carbocycles. The Balaban J connectivity index is 1.54. The number of morpholine rings is 1. The van der Waals surface area contributed by atoms with E-state index in [1.54, 1.807) is 18.3 Å². The monoisotopic (exact) mass is 427 g/mol. The van der Waals surface area contributed by atoms with Crippen molar-refractivity contribution in [2.24, 2.45) is 0 Å². The van der Waals surface area contributed by atoms with Crippen LogP contribution in [0.1, 0.15) is 11.3 Å². The van der Waals surface area contributed by atoms with E-state index in [-0.39, 0.29) is 11.3 Å². The fourth-order valence-corrected chi connectivity index (χ4v) is 3.87. The van der Waals surface area contributed by atoms with Gasteiger partial charge < -0.3 is 4.74 Å². The molecule has 1 fully saturated rings. The first kappa shape index (κ1) is 19.8. The minimum absolute atomic E-state index is 0.0446. The Labute approximate surface area is 176 Å². The average molecular weight is 427 g/mol. The highest BCUT2D eigenvalue weighted by Gasteiger charge is 2.34. The van der Waals surface area contributed by atoms with Gasteiger partial charge in [-0.3, -0.25) is 9.30 Å². The number of alkyl halides is 3. The number of benzene rings is 1. The average Bonchev–Trinajstić information content (AvgIpc) is 3.39. The number of imidazole rings is 1. The summed E-state index contributed by atoms with van der Waals surface area (Å²) in [7, 11) is 0. The number of fused-ring (bicyclic) bond motifs is 1. The Morgan fingerprint density at radius 2 is 1.71 bits per heavy atom. The zero-order chi connectivity index (χ0) is 21.4. The lowest BCUT2D eigenvalue weighted by Crippen LogP contribution is -2.35. The van der Waals surface area contributed by atoms with Gasteiger partial charge in [0.15, 0.2) is 0 Å². The fraction of sp³-hybridized carbons (Fsp3) is 0.273. The molecule has 4 heterocycles. The van der Waals surface area contributed by atoms with Gasteiger partial charge in [-0.05, 0) is 24.3 Å². The summed E-state index contributed by atoms with van der Waals surface area (Å²) in [5, 5.41) is 4.43. The summed E-state index contributed by atoms with van der Waals surface area (Å²) >= 11 is 0. The second-order valence-electron chi connectivity index (χ2n) is 7.39. The van der Waals surface area contributed by atoms with E-state index >= 15 is 0 Å². The molecule has 0 N–H and O–H groups in total. The molecule has 1 aliphatic rings. The summed E-state index contributed by atoms with van der Waals surface area (Å²) in [5.41, 5.74) is 1.42. The third kappa shape index (κ3) is 3.82. The van der Waals surface area contributed by atoms with Gasteiger partial charge >= 0.3 is 6.18 Å². The van der Waals surface area contributed by atoms with E-state index in [2.05, 4.69) is 10.00 Å². The van der Waals surface area contributed by atoms with Crippen LogP contribution in [-0.4, -0.2) is 50.4 Å². The Morgan fingerprint density at radius 1 is 0.935 bits per heavy atom. The molecule has 0 unspecified atom stereocenters. The molecule has 0 atom stereocenters. The molecular weight excluding hydrogens is 407 g/mol. The van der Waals surface area contributed by atoms with Crippen molar-refractivity contribution >= 4 is 5.52 Å². The molecule has 160 valence electrons. The number of hydrogen-bond acceptors (Lipinski definition) is 4. The number of aromatic nitrogens is 4. The van der Waals surface area contributed by atoms with Gasteiger partial charge in [-0.15, -0.1) is 0 Å². The minimum atomic E-state index is -4.45. The second-order valence-corrected chi connectivity index (χ2v) is 7.39. The number of pyridine rings is 1. The highest BCUT2D eigenvalue weighted by Crippen LogP contribution is 2.36. The summed E-state index contributed by atoms with van der Waals surface area (Å²) in [6.45, 7) is 3.73. The molecule has 0 amide bonds. The molecule has 1 saturated heterocycles. The number of rotatable bonds is 4. The molecule has 0 saturated carbocycles. The molecule has 9 heteroatoms. The van der Waals surface area contributed by atoms with Crippen LogP contribution in [0.5, 0.6) is 0 Å². The zero-order valence-electron chi connectivity index (χ0n) is 16.6. The molecule has 31 heavy (non-hydrogen) atoms. The van der Waals surface area contributed by atoms with Crippen LogP contribution in [0.3, 0.4) is 0 Å². The summed E-state index contributed by atoms with van der Waals surface area (Å²) in [4.78, 5) is 7.07. The van der Waals surface area contributed by atoms with E-state index in [0.717, 1.165) is 30.4 Å². The topological polar surface area (TPSA) is 47.6 Å². The lowest BCUT2D eigenvalue weighted by molar-refractivity contribution is -0.137. The van der Waals surface area contributed by atoms with Crippen molar-refractivity contribution in [2.45, 2.75) is 12.7 Å². The van der Waals surface area contributed by atoms with E-state index < -0.39 is 11.7 Å². The SMILES string of the molecule is FC(F)(F)c1ccccc1-c1ccn(-c2nc(CN3CCOCC3)c3ccccn23)n1. The zero-order valence-corrected chi connectivity index (χ0v) is 16.6. The van der Waals surface area contributed by atoms with Crippen LogP contribution >= 0.6 is 0 Å². The largest absolute Gasteiger partial charge is 0.417 e. The molecule has 0 aliphatic carbocycles. The third-order valence-electron chi connectivity index (χ3n) is 5.39. The minimum Gasteiger partial charge on any atom is -0.379 e. The Hall–Kier alpha value is -3.17. The van der Waals surface area contributed by atoms with Gasteiger partial charge in [0, 0.05) is 37.6 Å². The first-order valence-corrected chi connectivity index (χ1v) is 9.99. The standard InChI is InChI=1S/C22H20F3N5O/c23-22(24,25)17-6-2-1-5-16(17)18-8-10-30(27-18)21-26-19(15-28-11-13-31-14-12-28)20-7-3-4-9-29(20)21/h1-10H,11-15H2. The first-order valence-electron chi connectivity index (χ1n) is 9.99.